The van der Waals surface area contributed by atoms with Crippen LogP contribution in [0, 0.1) is 0 Å². The van der Waals surface area contributed by atoms with Gasteiger partial charge < -0.3 is 5.32 Å². The number of alkyl halides is 3. The van der Waals surface area contributed by atoms with Gasteiger partial charge in [-0.05, 0) is 36.4 Å². The number of benzene rings is 1. The van der Waals surface area contributed by atoms with E-state index in [0.717, 1.165) is 24.3 Å². The molecule has 0 bridgehead atoms. The number of hydrogen-bond acceptors (Lipinski definition) is 2. The summed E-state index contributed by atoms with van der Waals surface area (Å²) < 4.78 is 37.2. The molecule has 8 heteroatoms. The van der Waals surface area contributed by atoms with Gasteiger partial charge in [0.1, 0.15) is 10.3 Å². The standard InChI is InChI=1S/C13H7Cl2F3N2O/c14-10-6-5-9(11(15)20-10)12(21)19-8-3-1-7(2-4-8)13(16,17)18/h1-6H,(H,19,21). The van der Waals surface area contributed by atoms with Crippen molar-refractivity contribution in [3.63, 3.8) is 0 Å². The fourth-order valence-corrected chi connectivity index (χ4v) is 1.95. The summed E-state index contributed by atoms with van der Waals surface area (Å²) in [5.41, 5.74) is -0.522. The van der Waals surface area contributed by atoms with Crippen LogP contribution in [0.1, 0.15) is 15.9 Å². The number of pyridine rings is 1. The lowest BCUT2D eigenvalue weighted by Crippen LogP contribution is -2.13. The Labute approximate surface area is 127 Å². The first kappa shape index (κ1) is 15.6. The number of aromatic nitrogens is 1. The van der Waals surface area contributed by atoms with Crippen LogP contribution in [0.4, 0.5) is 18.9 Å². The minimum atomic E-state index is -4.42. The second-order valence-corrected chi connectivity index (χ2v) is 4.75. The zero-order valence-corrected chi connectivity index (χ0v) is 11.7. The van der Waals surface area contributed by atoms with Crippen LogP contribution >= 0.6 is 23.2 Å². The predicted molar refractivity (Wildman–Crippen MR) is 73.7 cm³/mol. The molecule has 0 radical (unpaired) electrons. The van der Waals surface area contributed by atoms with Gasteiger partial charge >= 0.3 is 6.18 Å². The van der Waals surface area contributed by atoms with Crippen molar-refractivity contribution in [2.24, 2.45) is 0 Å². The van der Waals surface area contributed by atoms with Crippen molar-refractivity contribution < 1.29 is 18.0 Å². The summed E-state index contributed by atoms with van der Waals surface area (Å²) in [4.78, 5) is 15.6. The number of carbonyl (C=O) groups excluding carboxylic acids is 1. The second-order valence-electron chi connectivity index (χ2n) is 4.00. The van der Waals surface area contributed by atoms with Gasteiger partial charge in [-0.2, -0.15) is 13.2 Å². The fourth-order valence-electron chi connectivity index (χ4n) is 1.52. The van der Waals surface area contributed by atoms with Crippen LogP contribution in [-0.2, 0) is 6.18 Å². The van der Waals surface area contributed by atoms with E-state index in [1.807, 2.05) is 0 Å². The molecule has 1 aromatic carbocycles. The number of nitrogens with one attached hydrogen (secondary N) is 1. The lowest BCUT2D eigenvalue weighted by Gasteiger charge is -2.09. The topological polar surface area (TPSA) is 42.0 Å². The first-order chi connectivity index (χ1) is 9.77. The highest BCUT2D eigenvalue weighted by molar-refractivity contribution is 6.35. The highest BCUT2D eigenvalue weighted by Gasteiger charge is 2.30. The smallest absolute Gasteiger partial charge is 0.322 e. The van der Waals surface area contributed by atoms with Crippen LogP contribution < -0.4 is 5.32 Å². The van der Waals surface area contributed by atoms with Crippen LogP contribution in [0.25, 0.3) is 0 Å². The van der Waals surface area contributed by atoms with Crippen LogP contribution in [0.3, 0.4) is 0 Å². The fraction of sp³-hybridized carbons (Fsp3) is 0.0769. The van der Waals surface area contributed by atoms with Gasteiger partial charge in [0.05, 0.1) is 11.1 Å². The van der Waals surface area contributed by atoms with Crippen molar-refractivity contribution in [1.82, 2.24) is 4.98 Å². The molecule has 0 aliphatic heterocycles. The van der Waals surface area contributed by atoms with Crippen LogP contribution in [0.2, 0.25) is 10.3 Å². The maximum absolute atomic E-state index is 12.4. The Morgan fingerprint density at radius 1 is 1.05 bits per heavy atom. The summed E-state index contributed by atoms with van der Waals surface area (Å²) in [7, 11) is 0. The Morgan fingerprint density at radius 2 is 1.67 bits per heavy atom. The predicted octanol–water partition coefficient (Wildman–Crippen LogP) is 4.66. The largest absolute Gasteiger partial charge is 0.416 e. The lowest BCUT2D eigenvalue weighted by molar-refractivity contribution is -0.137. The molecular weight excluding hydrogens is 328 g/mol. The molecule has 0 spiro atoms. The van der Waals surface area contributed by atoms with E-state index in [1.165, 1.54) is 12.1 Å². The van der Waals surface area contributed by atoms with Crippen molar-refractivity contribution >= 4 is 34.8 Å². The summed E-state index contributed by atoms with van der Waals surface area (Å²) in [5, 5.41) is 2.46. The third kappa shape index (κ3) is 3.86. The van der Waals surface area contributed by atoms with Gasteiger partial charge in [0, 0.05) is 5.69 Å². The molecule has 2 rings (SSSR count). The number of anilines is 1. The van der Waals surface area contributed by atoms with Crippen molar-refractivity contribution in [3.8, 4) is 0 Å². The number of hydrogen-bond donors (Lipinski definition) is 1. The summed E-state index contributed by atoms with van der Waals surface area (Å²) in [6.07, 6.45) is -4.42. The molecule has 21 heavy (non-hydrogen) atoms. The highest BCUT2D eigenvalue weighted by Crippen LogP contribution is 2.30. The Bertz CT molecular complexity index is 672. The van der Waals surface area contributed by atoms with Crippen molar-refractivity contribution in [1.29, 1.82) is 0 Å². The summed E-state index contributed by atoms with van der Waals surface area (Å²) in [6, 6.07) is 6.80. The van der Waals surface area contributed by atoms with Crippen LogP contribution in [-0.4, -0.2) is 10.9 Å². The zero-order chi connectivity index (χ0) is 15.6. The molecule has 110 valence electrons. The zero-order valence-electron chi connectivity index (χ0n) is 10.2. The molecule has 1 N–H and O–H groups in total. The molecule has 0 fully saturated rings. The van der Waals surface area contributed by atoms with E-state index < -0.39 is 17.6 Å². The van der Waals surface area contributed by atoms with Gasteiger partial charge in [-0.1, -0.05) is 23.2 Å². The lowest BCUT2D eigenvalue weighted by atomic mass is 10.2. The van der Waals surface area contributed by atoms with Crippen LogP contribution in [0.15, 0.2) is 36.4 Å². The molecule has 0 unspecified atom stereocenters. The highest BCUT2D eigenvalue weighted by atomic mass is 35.5. The third-order valence-electron chi connectivity index (χ3n) is 2.53. The summed E-state index contributed by atoms with van der Waals surface area (Å²) in [6.45, 7) is 0. The van der Waals surface area contributed by atoms with Gasteiger partial charge in [0.2, 0.25) is 0 Å². The average Bonchev–Trinajstić information content (AvgIpc) is 2.38. The molecule has 2 aromatic rings. The van der Waals surface area contributed by atoms with Gasteiger partial charge in [0.25, 0.3) is 5.91 Å². The summed E-state index contributed by atoms with van der Waals surface area (Å²) >= 11 is 11.4. The van der Waals surface area contributed by atoms with Gasteiger partial charge in [0.15, 0.2) is 0 Å². The van der Waals surface area contributed by atoms with E-state index in [1.54, 1.807) is 0 Å². The van der Waals surface area contributed by atoms with E-state index in [9.17, 15) is 18.0 Å². The van der Waals surface area contributed by atoms with Gasteiger partial charge in [-0.15, -0.1) is 0 Å². The van der Waals surface area contributed by atoms with Crippen molar-refractivity contribution in [2.75, 3.05) is 5.32 Å². The monoisotopic (exact) mass is 334 g/mol. The average molecular weight is 335 g/mol. The van der Waals surface area contributed by atoms with E-state index >= 15 is 0 Å². The number of amides is 1. The Balaban J connectivity index is 2.16. The van der Waals surface area contributed by atoms with Crippen LogP contribution in [0.5, 0.6) is 0 Å². The van der Waals surface area contributed by atoms with E-state index in [2.05, 4.69) is 10.3 Å². The molecule has 3 nitrogen and oxygen atoms in total. The first-order valence-corrected chi connectivity index (χ1v) is 6.33. The van der Waals surface area contributed by atoms with Crippen molar-refractivity contribution in [2.45, 2.75) is 6.18 Å². The van der Waals surface area contributed by atoms with Crippen molar-refractivity contribution in [3.05, 3.63) is 57.8 Å². The minimum absolute atomic E-state index is 0.0703. The maximum Gasteiger partial charge on any atom is 0.416 e. The molecule has 1 amide bonds. The Kier molecular flexibility index (Phi) is 4.39. The minimum Gasteiger partial charge on any atom is -0.322 e. The molecule has 0 saturated carbocycles. The molecule has 0 aliphatic carbocycles. The maximum atomic E-state index is 12.4. The van der Waals surface area contributed by atoms with E-state index in [0.29, 0.717) is 0 Å². The number of carbonyl (C=O) groups is 1. The molecular formula is C13H7Cl2F3N2O. The molecule has 1 heterocycles. The Morgan fingerprint density at radius 3 is 2.19 bits per heavy atom. The van der Waals surface area contributed by atoms with E-state index in [4.69, 9.17) is 23.2 Å². The third-order valence-corrected chi connectivity index (χ3v) is 3.03. The normalized spacial score (nSPS) is 11.3. The first-order valence-electron chi connectivity index (χ1n) is 5.58. The van der Waals surface area contributed by atoms with Gasteiger partial charge in [-0.3, -0.25) is 4.79 Å². The molecule has 0 saturated heterocycles. The number of nitrogens with zero attached hydrogens (tertiary/aromatic N) is 1. The number of rotatable bonds is 2. The number of halogens is 5. The molecule has 0 aliphatic rings. The van der Waals surface area contributed by atoms with Gasteiger partial charge in [-0.25, -0.2) is 4.98 Å². The van der Waals surface area contributed by atoms with E-state index in [-0.39, 0.29) is 21.6 Å². The molecule has 0 atom stereocenters. The Hall–Kier alpha value is -1.79. The molecule has 1 aromatic heterocycles. The second kappa shape index (κ2) is 5.91. The quantitative estimate of drug-likeness (QED) is 0.811. The SMILES string of the molecule is O=C(Nc1ccc(C(F)(F)F)cc1)c1ccc(Cl)nc1Cl. The summed E-state index contributed by atoms with van der Waals surface area (Å²) in [5.74, 6) is -0.594.